The van der Waals surface area contributed by atoms with Crippen LogP contribution in [0.25, 0.3) is 0 Å². The summed E-state index contributed by atoms with van der Waals surface area (Å²) in [4.78, 5) is 0. The maximum atomic E-state index is 11.2. The molecule has 0 spiro atoms. The molecule has 0 radical (unpaired) electrons. The number of nitriles is 1. The van der Waals surface area contributed by atoms with Crippen molar-refractivity contribution in [1.82, 2.24) is 0 Å². The lowest BCUT2D eigenvalue weighted by molar-refractivity contribution is -0.164. The van der Waals surface area contributed by atoms with Gasteiger partial charge < -0.3 is 4.74 Å². The number of allylic oxidation sites excluding steroid dienone is 2. The fourth-order valence-electron chi connectivity index (χ4n) is 5.33. The van der Waals surface area contributed by atoms with Crippen LogP contribution in [-0.4, -0.2) is 26.1 Å². The molecule has 694 valence electrons. The van der Waals surface area contributed by atoms with Crippen LogP contribution in [0, 0.1) is 135 Å². The molecule has 8 heteroatoms. The second kappa shape index (κ2) is 114. The van der Waals surface area contributed by atoms with E-state index in [1.165, 1.54) is 147 Å². The van der Waals surface area contributed by atoms with Crippen molar-refractivity contribution < 1.29 is 31.1 Å². The van der Waals surface area contributed by atoms with E-state index in [1.54, 1.807) is 7.11 Å². The Morgan fingerprint density at radius 2 is 0.788 bits per heavy atom. The van der Waals surface area contributed by atoms with Gasteiger partial charge >= 0.3 is 12.4 Å². The molecule has 0 aromatic heterocycles. The second-order valence-electron chi connectivity index (χ2n) is 37.4. The molecule has 0 aliphatic heterocycles. The molecule has 2 nitrogen and oxygen atoms in total. The number of nitrogens with zero attached hydrogens (tertiary/aromatic N) is 1. The average Bonchev–Trinajstić information content (AvgIpc) is 1.78. The zero-order valence-corrected chi connectivity index (χ0v) is 86.8. The summed E-state index contributed by atoms with van der Waals surface area (Å²) < 4.78 is 70.6. The lowest BCUT2D eigenvalue weighted by Crippen LogP contribution is -2.15. The molecule has 0 amide bonds. The van der Waals surface area contributed by atoms with Gasteiger partial charge in [-0.15, -0.1) is 37.3 Å². The number of alkyl halides is 6. The first-order valence-corrected chi connectivity index (χ1v) is 46.8. The summed E-state index contributed by atoms with van der Waals surface area (Å²) in [6.45, 7) is 104. The van der Waals surface area contributed by atoms with E-state index in [-0.39, 0.29) is 0 Å². The van der Waals surface area contributed by atoms with E-state index in [9.17, 15) is 26.3 Å². The molecule has 0 heterocycles. The minimum Gasteiger partial charge on any atom is -0.385 e. The molecule has 0 aromatic carbocycles. The number of ether oxygens (including phenoxy) is 1. The Balaban J connectivity index is -0.0000000626. The summed E-state index contributed by atoms with van der Waals surface area (Å²) in [5, 5.41) is 7.82. The summed E-state index contributed by atoms with van der Waals surface area (Å²) in [5.74, 6) is 20.1. The first kappa shape index (κ1) is 148. The van der Waals surface area contributed by atoms with Crippen LogP contribution in [0.15, 0.2) is 24.8 Å². The summed E-state index contributed by atoms with van der Waals surface area (Å²) in [7, 11) is 1.71. The third-order valence-corrected chi connectivity index (χ3v) is 17.7. The highest BCUT2D eigenvalue weighted by Crippen LogP contribution is 2.36. The largest absolute Gasteiger partial charge is 0.391 e. The second-order valence-corrected chi connectivity index (χ2v) is 37.4. The first-order chi connectivity index (χ1) is 51.7. The monoisotopic (exact) mass is 1630 g/mol. The molecular weight excluding hydrogens is 1410 g/mol. The lowest BCUT2D eigenvalue weighted by Gasteiger charge is -2.22. The van der Waals surface area contributed by atoms with Gasteiger partial charge in [0.2, 0.25) is 0 Å². The number of hydrogen-bond acceptors (Lipinski definition) is 2. The normalized spacial score (nSPS) is 13.3. The van der Waals surface area contributed by atoms with E-state index < -0.39 is 24.7 Å². The third-order valence-electron chi connectivity index (χ3n) is 17.7. The van der Waals surface area contributed by atoms with Crippen LogP contribution in [0.1, 0.15) is 504 Å². The van der Waals surface area contributed by atoms with Gasteiger partial charge in [0.1, 0.15) is 0 Å². The molecule has 5 saturated carbocycles. The summed E-state index contributed by atoms with van der Waals surface area (Å²) in [5.41, 5.74) is 2.30. The SMILES string of the molecule is C#CCC.C=C(C)CC.C=CCC.CC#CCC.CC(C)C.CC(C)C(C)(C)C.CC(C)C(C)C.CC(C)C(F)(F)F.CC(C)C1CC1.CC(C)CC(C)C.CC1CC1.CC1CCCC1.CC1CCCCC1.CCC(C)(C)C.CCC(C)C.CCC(C)C.CCC(F)(F)F.CCC1CC1.CCCC.CCCC#N.CCCOC. The molecule has 0 saturated heterocycles. The number of rotatable bonds is 13. The van der Waals surface area contributed by atoms with E-state index >= 15 is 0 Å². The van der Waals surface area contributed by atoms with Crippen LogP contribution in [0.4, 0.5) is 26.3 Å². The Hall–Kier alpha value is -2.37. The van der Waals surface area contributed by atoms with Gasteiger partial charge in [-0.05, 0) is 152 Å². The maximum Gasteiger partial charge on any atom is 0.391 e. The molecule has 113 heavy (non-hydrogen) atoms. The Morgan fingerprint density at radius 3 is 0.805 bits per heavy atom. The smallest absolute Gasteiger partial charge is 0.385 e. The van der Waals surface area contributed by atoms with Crippen molar-refractivity contribution in [1.29, 1.82) is 5.26 Å². The number of hydrogen-bond donors (Lipinski definition) is 0. The van der Waals surface area contributed by atoms with Crippen molar-refractivity contribution in [2.45, 2.75) is 517 Å². The highest BCUT2D eigenvalue weighted by Gasteiger charge is 2.31. The molecule has 0 bridgehead atoms. The van der Waals surface area contributed by atoms with Crippen molar-refractivity contribution in [3.8, 4) is 30.3 Å². The first-order valence-electron chi connectivity index (χ1n) is 46.8. The number of halogens is 6. The summed E-state index contributed by atoms with van der Waals surface area (Å²) in [6.07, 6.45) is 36.5. The molecule has 5 aliphatic rings. The number of methoxy groups -OCH3 is 1. The van der Waals surface area contributed by atoms with Crippen molar-refractivity contribution >= 4 is 0 Å². The number of terminal acetylenes is 1. The molecule has 5 aliphatic carbocycles. The van der Waals surface area contributed by atoms with Crippen molar-refractivity contribution in [3.63, 3.8) is 0 Å². The van der Waals surface area contributed by atoms with Crippen molar-refractivity contribution in [2.24, 2.45) is 99.6 Å². The maximum absolute atomic E-state index is 11.2. The molecule has 0 aromatic rings. The molecule has 0 atom stereocenters. The molecule has 5 rings (SSSR count). The Bertz CT molecular complexity index is 1700. The zero-order valence-electron chi connectivity index (χ0n) is 86.8. The molecule has 5 fully saturated rings. The van der Waals surface area contributed by atoms with Gasteiger partial charge in [0.15, 0.2) is 0 Å². The van der Waals surface area contributed by atoms with Gasteiger partial charge in [-0.2, -0.15) is 31.6 Å². The Kier molecular flexibility index (Phi) is 150. The molecule has 0 N–H and O–H groups in total. The minimum atomic E-state index is -4.00. The Morgan fingerprint density at radius 1 is 0.504 bits per heavy atom. The van der Waals surface area contributed by atoms with E-state index in [0.717, 1.165) is 149 Å². The van der Waals surface area contributed by atoms with Gasteiger partial charge in [0.05, 0.1) is 6.07 Å². The summed E-state index contributed by atoms with van der Waals surface area (Å²) in [6, 6.07) is 2.02. The van der Waals surface area contributed by atoms with E-state index in [1.807, 2.05) is 46.8 Å². The third kappa shape index (κ3) is 270. The van der Waals surface area contributed by atoms with Crippen LogP contribution < -0.4 is 0 Å². The van der Waals surface area contributed by atoms with Crippen LogP contribution in [0.5, 0.6) is 0 Å². The van der Waals surface area contributed by atoms with Crippen LogP contribution in [-0.2, 0) is 4.74 Å². The van der Waals surface area contributed by atoms with E-state index in [4.69, 9.17) is 16.4 Å². The van der Waals surface area contributed by atoms with Gasteiger partial charge in [-0.3, -0.25) is 0 Å². The minimum absolute atomic E-state index is 0.500. The molecule has 0 unspecified atom stereocenters. The fraction of sp³-hybridized carbons (Fsp3) is 0.914. The number of unbranched alkanes of at least 4 members (excludes halogenated alkanes) is 2. The van der Waals surface area contributed by atoms with E-state index in [2.05, 4.69) is 287 Å². The van der Waals surface area contributed by atoms with E-state index in [0.29, 0.717) is 17.3 Å². The van der Waals surface area contributed by atoms with Crippen LogP contribution >= 0.6 is 0 Å². The highest BCUT2D eigenvalue weighted by molar-refractivity contribution is 4.93. The van der Waals surface area contributed by atoms with Gasteiger partial charge in [-0.25, -0.2) is 0 Å². The standard InChI is InChI=1S/C7H14.2C7H16.2C6H12.2C6H14.C5H10.2C5H12.C5H10.C5H8.C4H7F3.C4H7N.C4H10O.C4H8.2C4H10.C4H8.C4H6.C3H5F3/c1-7-5-3-2-4-6-7;1-6(2)7(3,4)5;1-6(2)5-7(3)4;1-5(2)6-3-4-6;1-6-4-2-3-5-6;1-5-6(2,3)4;1-5(2)6(3)4;1-2-5-3-4-5;3*1-4-5(2)3;1-3-5-4-2;1-3(2)4(5,6)7;1-2-3-4-5;1-3-4-5-2;1-4-2-3-4;1-4(2)3;3*1-3-4-2;1-2-3(4,5)6/h7H,2-6H2,1H3;6H,1-5H3;6-7H,5H2,1-4H3;5-6H,3-4H2,1-2H3;6H,2-5H2,1H3;5H2,1-4H3;5-6H,1-4H3;5H,2-4H2,1H3;2*5H,4H2,1-3H3;2,4H2,1,3H3;3H2,1-2H3;3H,1-2H3;2-3H2,1H3;3-4H2,1-2H3;4H,2-3H2,1H3;4H,1-3H3;3-4H2,1-2H3;3H,1,4H2,2H3;1H,4H2,2H3;2H2,1H3. The summed E-state index contributed by atoms with van der Waals surface area (Å²) >= 11 is 0. The van der Waals surface area contributed by atoms with Gasteiger partial charge in [0.25, 0.3) is 0 Å². The quantitative estimate of drug-likeness (QED) is 0.105. The topological polar surface area (TPSA) is 33.0 Å². The zero-order chi connectivity index (χ0) is 93.4. The van der Waals surface area contributed by atoms with Crippen molar-refractivity contribution in [2.75, 3.05) is 13.7 Å². The predicted octanol–water partition coefficient (Wildman–Crippen LogP) is 40.3. The highest BCUT2D eigenvalue weighted by atomic mass is 19.4. The van der Waals surface area contributed by atoms with Crippen LogP contribution in [0.2, 0.25) is 0 Å². The average molecular weight is 1630 g/mol. The fourth-order valence-corrected chi connectivity index (χ4v) is 5.33. The van der Waals surface area contributed by atoms with Gasteiger partial charge in [-0.1, -0.05) is 431 Å². The Labute approximate surface area is 717 Å². The lowest BCUT2D eigenvalue weighted by atomic mass is 9.84. The van der Waals surface area contributed by atoms with Crippen LogP contribution in [0.3, 0.4) is 0 Å². The van der Waals surface area contributed by atoms with Gasteiger partial charge in [0, 0.05) is 45.3 Å². The van der Waals surface area contributed by atoms with Crippen molar-refractivity contribution in [3.05, 3.63) is 24.8 Å². The molecular formula is C105H221F6NO. The predicted molar refractivity (Wildman–Crippen MR) is 517 cm³/mol.